The summed E-state index contributed by atoms with van der Waals surface area (Å²) in [5.41, 5.74) is 1.96. The lowest BCUT2D eigenvalue weighted by Gasteiger charge is -2.09. The van der Waals surface area contributed by atoms with E-state index in [1.54, 1.807) is 20.8 Å². The molecule has 1 rings (SSSR count). The third-order valence-electron chi connectivity index (χ3n) is 3.95. The number of nitrogens with zero attached hydrogens (tertiary/aromatic N) is 1. The highest BCUT2D eigenvalue weighted by molar-refractivity contribution is 5.95. The summed E-state index contributed by atoms with van der Waals surface area (Å²) < 4.78 is 14.4. The van der Waals surface area contributed by atoms with Crippen molar-refractivity contribution in [2.75, 3.05) is 33.9 Å². The zero-order valence-corrected chi connectivity index (χ0v) is 22.7. The molecule has 0 atom stereocenters. The summed E-state index contributed by atoms with van der Waals surface area (Å²) in [5, 5.41) is 8.48. The Morgan fingerprint density at radius 3 is 1.81 bits per heavy atom. The minimum absolute atomic E-state index is 0.0433. The van der Waals surface area contributed by atoms with Gasteiger partial charge < -0.3 is 24.2 Å². The number of carboxylic acids is 1. The molecule has 0 aliphatic carbocycles. The van der Waals surface area contributed by atoms with Crippen LogP contribution in [0.3, 0.4) is 0 Å². The van der Waals surface area contributed by atoms with Gasteiger partial charge in [0.1, 0.15) is 13.2 Å². The van der Waals surface area contributed by atoms with Gasteiger partial charge in [0.2, 0.25) is 0 Å². The molecule has 0 unspecified atom stereocenters. The summed E-state index contributed by atoms with van der Waals surface area (Å²) in [6, 6.07) is 9.55. The molecule has 0 saturated heterocycles. The van der Waals surface area contributed by atoms with Crippen LogP contribution >= 0.6 is 0 Å². The first-order valence-corrected chi connectivity index (χ1v) is 11.3. The second-order valence-electron chi connectivity index (χ2n) is 7.94. The average Bonchev–Trinajstić information content (AvgIpc) is 2.83. The predicted molar refractivity (Wildman–Crippen MR) is 143 cm³/mol. The molecule has 9 nitrogen and oxygen atoms in total. The smallest absolute Gasteiger partial charge is 0.337 e. The molecule has 1 aromatic carbocycles. The van der Waals surface area contributed by atoms with Crippen LogP contribution in [-0.2, 0) is 40.0 Å². The fraction of sp³-hybridized carbons (Fsp3) is 0.357. The van der Waals surface area contributed by atoms with Crippen LogP contribution in [0.5, 0.6) is 0 Å². The summed E-state index contributed by atoms with van der Waals surface area (Å²) >= 11 is 0. The van der Waals surface area contributed by atoms with Crippen molar-refractivity contribution in [3.63, 3.8) is 0 Å². The average molecular weight is 518 g/mol. The van der Waals surface area contributed by atoms with Crippen LogP contribution < -0.4 is 0 Å². The van der Waals surface area contributed by atoms with Gasteiger partial charge in [0.25, 0.3) is 0 Å². The molecule has 37 heavy (non-hydrogen) atoms. The van der Waals surface area contributed by atoms with Gasteiger partial charge in [-0.25, -0.2) is 19.2 Å². The SMILES string of the molecule is C=C(C)C(=O)OCCN(C)C.C=C(C)C(=O)OCc1ccccc1.C=C(C=C(C)C(=O)O)C(=O)OCC. The molecule has 0 amide bonds. The number of carbonyl (C=O) groups excluding carboxylic acids is 3. The number of aliphatic carboxylic acids is 1. The van der Waals surface area contributed by atoms with E-state index in [2.05, 4.69) is 24.5 Å². The van der Waals surface area contributed by atoms with Gasteiger partial charge >= 0.3 is 23.9 Å². The first-order chi connectivity index (χ1) is 17.2. The van der Waals surface area contributed by atoms with Crippen LogP contribution in [0, 0.1) is 0 Å². The molecule has 0 aliphatic heterocycles. The number of carbonyl (C=O) groups is 4. The van der Waals surface area contributed by atoms with Crippen LogP contribution in [0.2, 0.25) is 0 Å². The number of esters is 3. The number of carboxylic acid groups (broad SMARTS) is 1. The van der Waals surface area contributed by atoms with Crippen LogP contribution in [0.25, 0.3) is 0 Å². The van der Waals surface area contributed by atoms with E-state index < -0.39 is 11.9 Å². The quantitative estimate of drug-likeness (QED) is 0.200. The second-order valence-corrected chi connectivity index (χ2v) is 7.94. The fourth-order valence-corrected chi connectivity index (χ4v) is 1.90. The molecule has 0 fully saturated rings. The zero-order chi connectivity index (χ0) is 29.0. The van der Waals surface area contributed by atoms with Crippen molar-refractivity contribution in [3.8, 4) is 0 Å². The van der Waals surface area contributed by atoms with Gasteiger partial charge in [-0.05, 0) is 53.4 Å². The first-order valence-electron chi connectivity index (χ1n) is 11.3. The molecular formula is C28H39NO8. The van der Waals surface area contributed by atoms with Crippen molar-refractivity contribution in [1.29, 1.82) is 0 Å². The predicted octanol–water partition coefficient (Wildman–Crippen LogP) is 4.11. The summed E-state index contributed by atoms with van der Waals surface area (Å²) in [6.07, 6.45) is 1.18. The highest BCUT2D eigenvalue weighted by Crippen LogP contribution is 2.03. The van der Waals surface area contributed by atoms with E-state index in [-0.39, 0.29) is 29.7 Å². The van der Waals surface area contributed by atoms with E-state index in [1.165, 1.54) is 13.0 Å². The fourth-order valence-electron chi connectivity index (χ4n) is 1.90. The van der Waals surface area contributed by atoms with Gasteiger partial charge in [-0.2, -0.15) is 0 Å². The Labute approximate surface area is 219 Å². The van der Waals surface area contributed by atoms with Gasteiger partial charge in [-0.15, -0.1) is 0 Å². The molecule has 204 valence electrons. The lowest BCUT2D eigenvalue weighted by molar-refractivity contribution is -0.140. The van der Waals surface area contributed by atoms with Gasteiger partial charge in [-0.3, -0.25) is 0 Å². The van der Waals surface area contributed by atoms with Gasteiger partial charge in [0.15, 0.2) is 0 Å². The molecule has 0 aromatic heterocycles. The topological polar surface area (TPSA) is 119 Å². The maximum absolute atomic E-state index is 11.0. The molecular weight excluding hydrogens is 478 g/mol. The Balaban J connectivity index is 0. The van der Waals surface area contributed by atoms with Crippen molar-refractivity contribution in [1.82, 2.24) is 4.90 Å². The standard InChI is InChI=1S/C11H12O2.C9H12O4.C8H15NO2/c1-9(2)11(12)13-8-10-6-4-3-5-7-10;1-4-13-9(12)7(3)5-6(2)8(10)11;1-7(2)8(10)11-6-5-9(3)4/h3-7H,1,8H2,2H3;5H,3-4H2,1-2H3,(H,10,11);1,5-6H2,2-4H3. The van der Waals surface area contributed by atoms with E-state index in [4.69, 9.17) is 14.6 Å². The highest BCUT2D eigenvalue weighted by Gasteiger charge is 2.07. The van der Waals surface area contributed by atoms with Crippen molar-refractivity contribution in [3.05, 3.63) is 84.0 Å². The minimum atomic E-state index is -1.08. The maximum Gasteiger partial charge on any atom is 0.337 e. The molecule has 0 saturated carbocycles. The lowest BCUT2D eigenvalue weighted by Crippen LogP contribution is -2.20. The Hall–Kier alpha value is -3.98. The third kappa shape index (κ3) is 20.0. The zero-order valence-electron chi connectivity index (χ0n) is 22.7. The monoisotopic (exact) mass is 517 g/mol. The molecule has 1 N–H and O–H groups in total. The second kappa shape index (κ2) is 20.2. The number of rotatable bonds is 11. The van der Waals surface area contributed by atoms with E-state index in [0.717, 1.165) is 12.1 Å². The Bertz CT molecular complexity index is 962. The number of hydrogen-bond acceptors (Lipinski definition) is 8. The number of benzene rings is 1. The number of hydrogen-bond donors (Lipinski definition) is 1. The Morgan fingerprint density at radius 1 is 0.865 bits per heavy atom. The summed E-state index contributed by atoms with van der Waals surface area (Å²) in [5.74, 6) is -2.33. The third-order valence-corrected chi connectivity index (χ3v) is 3.95. The van der Waals surface area contributed by atoms with Gasteiger partial charge in [0, 0.05) is 23.3 Å². The highest BCUT2D eigenvalue weighted by atomic mass is 16.5. The van der Waals surface area contributed by atoms with E-state index in [1.807, 2.05) is 49.3 Å². The normalized spacial score (nSPS) is 9.97. The Morgan fingerprint density at radius 2 is 1.38 bits per heavy atom. The van der Waals surface area contributed by atoms with E-state index in [9.17, 15) is 19.2 Å². The molecule has 1 aromatic rings. The molecule has 0 radical (unpaired) electrons. The molecule has 0 spiro atoms. The molecule has 9 heteroatoms. The van der Waals surface area contributed by atoms with Gasteiger partial charge in [-0.1, -0.05) is 50.1 Å². The molecule has 0 aliphatic rings. The minimum Gasteiger partial charge on any atom is -0.478 e. The van der Waals surface area contributed by atoms with E-state index in [0.29, 0.717) is 24.4 Å². The largest absolute Gasteiger partial charge is 0.478 e. The van der Waals surface area contributed by atoms with Crippen LogP contribution in [0.4, 0.5) is 0 Å². The summed E-state index contributed by atoms with van der Waals surface area (Å²) in [7, 11) is 3.85. The first kappa shape index (κ1) is 35.2. The van der Waals surface area contributed by atoms with Crippen molar-refractivity contribution in [2.24, 2.45) is 0 Å². The van der Waals surface area contributed by atoms with Crippen LogP contribution in [-0.4, -0.2) is 67.7 Å². The summed E-state index contributed by atoms with van der Waals surface area (Å²) in [6.45, 7) is 18.4. The molecule has 0 heterocycles. The Kier molecular flexibility index (Phi) is 19.2. The number of ether oxygens (including phenoxy) is 3. The summed E-state index contributed by atoms with van der Waals surface area (Å²) in [4.78, 5) is 45.0. The van der Waals surface area contributed by atoms with Crippen molar-refractivity contribution < 1.29 is 38.5 Å². The lowest BCUT2D eigenvalue weighted by atomic mass is 10.2. The van der Waals surface area contributed by atoms with E-state index >= 15 is 0 Å². The van der Waals surface area contributed by atoms with Crippen molar-refractivity contribution in [2.45, 2.75) is 34.3 Å². The van der Waals surface area contributed by atoms with Crippen molar-refractivity contribution >= 4 is 23.9 Å². The number of likely N-dealkylation sites (N-methyl/N-ethyl adjacent to an activating group) is 1. The van der Waals surface area contributed by atoms with Crippen LogP contribution in [0.15, 0.2) is 78.4 Å². The molecule has 0 bridgehead atoms. The maximum atomic E-state index is 11.0. The van der Waals surface area contributed by atoms with Crippen LogP contribution in [0.1, 0.15) is 33.3 Å². The van der Waals surface area contributed by atoms with Gasteiger partial charge in [0.05, 0.1) is 12.2 Å².